The normalized spacial score (nSPS) is 15.0. The molecule has 5 heteroatoms. The van der Waals surface area contributed by atoms with Gasteiger partial charge in [0, 0.05) is 11.7 Å². The van der Waals surface area contributed by atoms with Crippen LogP contribution in [0.2, 0.25) is 0 Å². The fourth-order valence-corrected chi connectivity index (χ4v) is 3.70. The number of nitrogens with two attached hydrogens (primary N) is 1. The molecule has 4 nitrogen and oxygen atoms in total. The van der Waals surface area contributed by atoms with Gasteiger partial charge < -0.3 is 5.32 Å². The zero-order valence-corrected chi connectivity index (χ0v) is 12.7. The number of rotatable bonds is 3. The van der Waals surface area contributed by atoms with Gasteiger partial charge in [-0.3, -0.25) is 0 Å². The van der Waals surface area contributed by atoms with Gasteiger partial charge in [-0.25, -0.2) is 13.6 Å². The van der Waals surface area contributed by atoms with Crippen LogP contribution in [0.5, 0.6) is 0 Å². The summed E-state index contributed by atoms with van der Waals surface area (Å²) in [4.78, 5) is 0.183. The second-order valence-corrected chi connectivity index (χ2v) is 7.07. The fraction of sp³-hybridized carbons (Fsp3) is 0.250. The molecular formula is C16H18N2O2S. The van der Waals surface area contributed by atoms with Crippen molar-refractivity contribution in [3.63, 3.8) is 0 Å². The first-order valence-electron chi connectivity index (χ1n) is 6.90. The highest BCUT2D eigenvalue weighted by atomic mass is 32.2. The van der Waals surface area contributed by atoms with Gasteiger partial charge in [0.2, 0.25) is 10.0 Å². The van der Waals surface area contributed by atoms with E-state index in [1.54, 1.807) is 19.1 Å². The molecule has 3 rings (SSSR count). The van der Waals surface area contributed by atoms with E-state index in [1.165, 1.54) is 11.1 Å². The maximum atomic E-state index is 11.6. The topological polar surface area (TPSA) is 72.2 Å². The van der Waals surface area contributed by atoms with E-state index in [1.807, 2.05) is 18.2 Å². The van der Waals surface area contributed by atoms with Crippen LogP contribution in [-0.2, 0) is 22.9 Å². The molecule has 0 radical (unpaired) electrons. The summed E-state index contributed by atoms with van der Waals surface area (Å²) in [7, 11) is -3.68. The van der Waals surface area contributed by atoms with Crippen LogP contribution < -0.4 is 10.5 Å². The van der Waals surface area contributed by atoms with E-state index in [4.69, 9.17) is 5.14 Å². The third-order valence-corrected chi connectivity index (χ3v) is 4.97. The van der Waals surface area contributed by atoms with Crippen molar-refractivity contribution < 1.29 is 8.42 Å². The predicted octanol–water partition coefficient (Wildman–Crippen LogP) is 2.22. The first kappa shape index (κ1) is 14.1. The second-order valence-electron chi connectivity index (χ2n) is 5.54. The Bertz CT molecular complexity index is 760. The summed E-state index contributed by atoms with van der Waals surface area (Å²) < 4.78 is 23.1. The molecular weight excluding hydrogens is 284 g/mol. The molecule has 21 heavy (non-hydrogen) atoms. The molecule has 0 heterocycles. The first-order valence-corrected chi connectivity index (χ1v) is 8.45. The first-order chi connectivity index (χ1) is 9.93. The highest BCUT2D eigenvalue weighted by Gasteiger charge is 2.21. The number of fused-ring (bicyclic) bond motifs is 1. The average Bonchev–Trinajstić information content (AvgIpc) is 2.82. The number of hydrogen-bond acceptors (Lipinski definition) is 3. The Morgan fingerprint density at radius 2 is 1.71 bits per heavy atom. The number of nitrogens with one attached hydrogen (secondary N) is 1. The van der Waals surface area contributed by atoms with Crippen molar-refractivity contribution in [1.82, 2.24) is 0 Å². The van der Waals surface area contributed by atoms with Crippen molar-refractivity contribution in [2.24, 2.45) is 5.14 Å². The zero-order chi connectivity index (χ0) is 15.0. The van der Waals surface area contributed by atoms with E-state index >= 15 is 0 Å². The second kappa shape index (κ2) is 5.16. The molecule has 2 aromatic rings. The van der Waals surface area contributed by atoms with Gasteiger partial charge in [0.25, 0.3) is 0 Å². The lowest BCUT2D eigenvalue weighted by Gasteiger charge is -2.15. The molecule has 0 aliphatic heterocycles. The monoisotopic (exact) mass is 302 g/mol. The van der Waals surface area contributed by atoms with Gasteiger partial charge in [0.05, 0.1) is 4.90 Å². The van der Waals surface area contributed by atoms with Gasteiger partial charge in [-0.15, -0.1) is 0 Å². The van der Waals surface area contributed by atoms with Gasteiger partial charge in [-0.1, -0.05) is 30.3 Å². The highest BCUT2D eigenvalue weighted by molar-refractivity contribution is 7.89. The minimum Gasteiger partial charge on any atom is -0.382 e. The van der Waals surface area contributed by atoms with Gasteiger partial charge in [-0.2, -0.15) is 0 Å². The Morgan fingerprint density at radius 1 is 1.10 bits per heavy atom. The van der Waals surface area contributed by atoms with Crippen LogP contribution in [0.15, 0.2) is 47.4 Å². The van der Waals surface area contributed by atoms with Crippen molar-refractivity contribution >= 4 is 15.7 Å². The number of benzene rings is 2. The lowest BCUT2D eigenvalue weighted by atomic mass is 10.1. The Morgan fingerprint density at radius 3 is 2.29 bits per heavy atom. The largest absolute Gasteiger partial charge is 0.382 e. The smallest absolute Gasteiger partial charge is 0.238 e. The predicted molar refractivity (Wildman–Crippen MR) is 83.8 cm³/mol. The summed E-state index contributed by atoms with van der Waals surface area (Å²) in [6.07, 6.45) is 1.91. The van der Waals surface area contributed by atoms with Gasteiger partial charge in [-0.05, 0) is 48.6 Å². The van der Waals surface area contributed by atoms with Crippen molar-refractivity contribution in [3.05, 3.63) is 59.2 Å². The molecule has 0 saturated carbocycles. The Labute approximate surface area is 125 Å². The molecule has 0 atom stereocenters. The number of primary sulfonamides is 1. The quantitative estimate of drug-likeness (QED) is 0.913. The summed E-state index contributed by atoms with van der Waals surface area (Å²) >= 11 is 0. The van der Waals surface area contributed by atoms with E-state index in [-0.39, 0.29) is 4.90 Å². The van der Waals surface area contributed by atoms with Crippen molar-refractivity contribution in [2.75, 3.05) is 5.32 Å². The molecule has 0 fully saturated rings. The number of anilines is 1. The summed E-state index contributed by atoms with van der Waals surface area (Å²) in [6.45, 7) is 1.74. The molecule has 0 spiro atoms. The molecule has 0 unspecified atom stereocenters. The summed E-state index contributed by atoms with van der Waals surface area (Å²) in [6, 6.07) is 14.0. The van der Waals surface area contributed by atoms with E-state index < -0.39 is 10.0 Å². The molecule has 0 saturated heterocycles. The van der Waals surface area contributed by atoms with Crippen LogP contribution in [0.4, 0.5) is 5.69 Å². The van der Waals surface area contributed by atoms with E-state index in [9.17, 15) is 8.42 Å². The molecule has 0 bridgehead atoms. The van der Waals surface area contributed by atoms with Crippen LogP contribution in [0, 0.1) is 6.92 Å². The van der Waals surface area contributed by atoms with Crippen molar-refractivity contribution in [2.45, 2.75) is 30.7 Å². The lowest BCUT2D eigenvalue weighted by molar-refractivity contribution is 0.597. The number of sulfonamides is 1. The molecule has 2 aromatic carbocycles. The van der Waals surface area contributed by atoms with Gasteiger partial charge in [0.1, 0.15) is 0 Å². The van der Waals surface area contributed by atoms with E-state index in [0.717, 1.165) is 18.5 Å². The standard InChI is InChI=1S/C16H18N2O2S/c1-11-6-7-14(10-16(11)21(17,19)20)18-15-8-12-4-2-3-5-13(12)9-15/h2-7,10,15,18H,8-9H2,1H3,(H2,17,19,20). The SMILES string of the molecule is Cc1ccc(NC2Cc3ccccc3C2)cc1S(N)(=O)=O. The number of hydrogen-bond donors (Lipinski definition) is 2. The Hall–Kier alpha value is -1.85. The third kappa shape index (κ3) is 2.94. The van der Waals surface area contributed by atoms with Crippen LogP contribution >= 0.6 is 0 Å². The summed E-state index contributed by atoms with van der Waals surface area (Å²) in [5.74, 6) is 0. The molecule has 3 N–H and O–H groups in total. The van der Waals surface area contributed by atoms with Crippen molar-refractivity contribution in [1.29, 1.82) is 0 Å². The van der Waals surface area contributed by atoms with Crippen molar-refractivity contribution in [3.8, 4) is 0 Å². The molecule has 0 amide bonds. The van der Waals surface area contributed by atoms with Crippen LogP contribution in [0.25, 0.3) is 0 Å². The maximum Gasteiger partial charge on any atom is 0.238 e. The third-order valence-electron chi connectivity index (χ3n) is 3.92. The Kier molecular flexibility index (Phi) is 3.47. The molecule has 0 aromatic heterocycles. The summed E-state index contributed by atoms with van der Waals surface area (Å²) in [5.41, 5.74) is 4.17. The lowest BCUT2D eigenvalue weighted by Crippen LogP contribution is -2.20. The minimum absolute atomic E-state index is 0.183. The summed E-state index contributed by atoms with van der Waals surface area (Å²) in [5, 5.41) is 8.66. The van der Waals surface area contributed by atoms with Gasteiger partial charge in [0.15, 0.2) is 0 Å². The van der Waals surface area contributed by atoms with Gasteiger partial charge >= 0.3 is 0 Å². The highest BCUT2D eigenvalue weighted by Crippen LogP contribution is 2.26. The molecule has 1 aliphatic carbocycles. The van der Waals surface area contributed by atoms with Crippen LogP contribution in [0.1, 0.15) is 16.7 Å². The fourth-order valence-electron chi connectivity index (χ4n) is 2.89. The molecule has 110 valence electrons. The average molecular weight is 302 g/mol. The Balaban J connectivity index is 1.81. The number of aryl methyl sites for hydroxylation is 1. The van der Waals surface area contributed by atoms with E-state index in [2.05, 4.69) is 17.4 Å². The van der Waals surface area contributed by atoms with E-state index in [0.29, 0.717) is 11.6 Å². The van der Waals surface area contributed by atoms with Crippen LogP contribution in [0.3, 0.4) is 0 Å². The minimum atomic E-state index is -3.68. The van der Waals surface area contributed by atoms with Crippen LogP contribution in [-0.4, -0.2) is 14.5 Å². The maximum absolute atomic E-state index is 11.6. The molecule has 1 aliphatic rings. The zero-order valence-electron chi connectivity index (χ0n) is 11.8.